The van der Waals surface area contributed by atoms with Gasteiger partial charge in [-0.1, -0.05) is 11.6 Å². The molecule has 5 heteroatoms. The van der Waals surface area contributed by atoms with E-state index in [9.17, 15) is 0 Å². The van der Waals surface area contributed by atoms with E-state index >= 15 is 0 Å². The molecule has 0 N–H and O–H groups in total. The first-order valence-electron chi connectivity index (χ1n) is 8.18. The van der Waals surface area contributed by atoms with Crippen molar-refractivity contribution < 1.29 is 9.47 Å². The third-order valence-corrected chi connectivity index (χ3v) is 4.99. The molecule has 2 heterocycles. The number of fused-ring (bicyclic) bond motifs is 2. The van der Waals surface area contributed by atoms with Crippen LogP contribution in [0.25, 0.3) is 10.9 Å². The van der Waals surface area contributed by atoms with Crippen molar-refractivity contribution in [3.63, 3.8) is 0 Å². The van der Waals surface area contributed by atoms with Gasteiger partial charge in [0.25, 0.3) is 0 Å². The van der Waals surface area contributed by atoms with Crippen molar-refractivity contribution in [1.29, 1.82) is 0 Å². The van der Waals surface area contributed by atoms with Gasteiger partial charge in [-0.15, -0.1) is 0 Å². The maximum Gasteiger partial charge on any atom is 0.231 e. The lowest BCUT2D eigenvalue weighted by Crippen LogP contribution is -2.16. The molecule has 3 aromatic rings. The Morgan fingerprint density at radius 3 is 2.64 bits per heavy atom. The molecule has 4 rings (SSSR count). The van der Waals surface area contributed by atoms with Crippen LogP contribution in [0.5, 0.6) is 11.5 Å². The minimum Gasteiger partial charge on any atom is -0.454 e. The van der Waals surface area contributed by atoms with Gasteiger partial charge < -0.3 is 14.4 Å². The van der Waals surface area contributed by atoms with Crippen LogP contribution in [-0.4, -0.2) is 18.8 Å². The Morgan fingerprint density at radius 1 is 1.04 bits per heavy atom. The second-order valence-corrected chi connectivity index (χ2v) is 6.82. The van der Waals surface area contributed by atoms with Crippen molar-refractivity contribution in [3.05, 3.63) is 58.2 Å². The monoisotopic (exact) mass is 354 g/mol. The summed E-state index contributed by atoms with van der Waals surface area (Å²) in [4.78, 5) is 6.70. The molecule has 0 saturated carbocycles. The van der Waals surface area contributed by atoms with Crippen LogP contribution < -0.4 is 14.4 Å². The maximum atomic E-state index is 6.44. The molecule has 0 atom stereocenters. The molecule has 2 aromatic carbocycles. The molecule has 1 aliphatic rings. The van der Waals surface area contributed by atoms with Gasteiger partial charge in [0.05, 0.1) is 5.52 Å². The molecule has 0 fully saturated rings. The van der Waals surface area contributed by atoms with Gasteiger partial charge in [-0.3, -0.25) is 0 Å². The molecule has 25 heavy (non-hydrogen) atoms. The zero-order chi connectivity index (χ0) is 17.6. The van der Waals surface area contributed by atoms with Crippen LogP contribution in [0.4, 0.5) is 5.69 Å². The van der Waals surface area contributed by atoms with Gasteiger partial charge in [-0.25, -0.2) is 4.98 Å². The second kappa shape index (κ2) is 6.12. The molecule has 128 valence electrons. The highest BCUT2D eigenvalue weighted by Gasteiger charge is 2.16. The van der Waals surface area contributed by atoms with Crippen molar-refractivity contribution in [2.24, 2.45) is 0 Å². The molecular weight excluding hydrogens is 336 g/mol. The summed E-state index contributed by atoms with van der Waals surface area (Å²) in [6, 6.07) is 12.3. The fourth-order valence-electron chi connectivity index (χ4n) is 3.04. The van der Waals surface area contributed by atoms with E-state index in [1.807, 2.05) is 25.2 Å². The van der Waals surface area contributed by atoms with E-state index in [0.29, 0.717) is 11.7 Å². The van der Waals surface area contributed by atoms with Gasteiger partial charge in [0, 0.05) is 36.3 Å². The van der Waals surface area contributed by atoms with E-state index in [-0.39, 0.29) is 6.79 Å². The van der Waals surface area contributed by atoms with Crippen LogP contribution in [0.15, 0.2) is 36.4 Å². The molecule has 0 unspecified atom stereocenters. The third-order valence-electron chi connectivity index (χ3n) is 4.66. The van der Waals surface area contributed by atoms with Crippen molar-refractivity contribution in [3.8, 4) is 11.5 Å². The Morgan fingerprint density at radius 2 is 1.80 bits per heavy atom. The fourth-order valence-corrected chi connectivity index (χ4v) is 3.25. The van der Waals surface area contributed by atoms with Crippen molar-refractivity contribution in [2.45, 2.75) is 20.4 Å². The lowest BCUT2D eigenvalue weighted by atomic mass is 10.0. The SMILES string of the molecule is Cc1cc2cc(CN(C)c3ccc4c(c3)OCO4)c(Cl)nc2cc1C. The number of rotatable bonds is 3. The number of hydrogen-bond acceptors (Lipinski definition) is 4. The number of pyridine rings is 1. The summed E-state index contributed by atoms with van der Waals surface area (Å²) in [5, 5.41) is 1.66. The highest BCUT2D eigenvalue weighted by molar-refractivity contribution is 6.30. The smallest absolute Gasteiger partial charge is 0.231 e. The number of anilines is 1. The van der Waals surface area contributed by atoms with Crippen LogP contribution in [-0.2, 0) is 6.54 Å². The molecule has 4 nitrogen and oxygen atoms in total. The van der Waals surface area contributed by atoms with E-state index in [2.05, 4.69) is 41.9 Å². The number of hydrogen-bond donors (Lipinski definition) is 0. The molecule has 0 radical (unpaired) electrons. The van der Waals surface area contributed by atoms with Gasteiger partial charge in [-0.05, 0) is 55.3 Å². The van der Waals surface area contributed by atoms with Crippen molar-refractivity contribution in [1.82, 2.24) is 4.98 Å². The molecule has 0 saturated heterocycles. The Balaban J connectivity index is 1.65. The summed E-state index contributed by atoms with van der Waals surface area (Å²) in [6.07, 6.45) is 0. The number of benzene rings is 2. The van der Waals surface area contributed by atoms with E-state index < -0.39 is 0 Å². The van der Waals surface area contributed by atoms with Crippen LogP contribution >= 0.6 is 11.6 Å². The predicted octanol–water partition coefficient (Wildman–Crippen LogP) is 4.87. The quantitative estimate of drug-likeness (QED) is 0.628. The Kier molecular flexibility index (Phi) is 3.92. The minimum absolute atomic E-state index is 0.279. The maximum absolute atomic E-state index is 6.44. The van der Waals surface area contributed by atoms with E-state index in [1.165, 1.54) is 11.1 Å². The molecule has 0 spiro atoms. The predicted molar refractivity (Wildman–Crippen MR) is 101 cm³/mol. The zero-order valence-corrected chi connectivity index (χ0v) is 15.2. The lowest BCUT2D eigenvalue weighted by molar-refractivity contribution is 0.174. The highest BCUT2D eigenvalue weighted by Crippen LogP contribution is 2.36. The summed E-state index contributed by atoms with van der Waals surface area (Å²) in [6.45, 7) is 5.14. The number of aromatic nitrogens is 1. The standard InChI is InChI=1S/C20H19ClN2O2/c1-12-6-14-8-15(20(21)22-17(14)7-13(12)2)10-23(3)16-4-5-18-19(9-16)25-11-24-18/h4-9H,10-11H2,1-3H3. The first kappa shape index (κ1) is 16.0. The molecule has 1 aliphatic heterocycles. The lowest BCUT2D eigenvalue weighted by Gasteiger charge is -2.20. The first-order valence-corrected chi connectivity index (χ1v) is 8.56. The second-order valence-electron chi connectivity index (χ2n) is 6.46. The zero-order valence-electron chi connectivity index (χ0n) is 14.5. The number of nitrogens with zero attached hydrogens (tertiary/aromatic N) is 2. The van der Waals surface area contributed by atoms with Gasteiger partial charge in [0.2, 0.25) is 6.79 Å². The van der Waals surface area contributed by atoms with Gasteiger partial charge in [-0.2, -0.15) is 0 Å². The summed E-state index contributed by atoms with van der Waals surface area (Å²) in [5.41, 5.74) is 5.45. The summed E-state index contributed by atoms with van der Waals surface area (Å²) >= 11 is 6.44. The molecule has 0 amide bonds. The first-order chi connectivity index (χ1) is 12.0. The number of aryl methyl sites for hydroxylation is 2. The van der Waals surface area contributed by atoms with E-state index in [0.717, 1.165) is 33.7 Å². The minimum atomic E-state index is 0.279. The fraction of sp³-hybridized carbons (Fsp3) is 0.250. The molecule has 1 aromatic heterocycles. The van der Waals surface area contributed by atoms with Crippen LogP contribution in [0.3, 0.4) is 0 Å². The van der Waals surface area contributed by atoms with Gasteiger partial charge in [0.15, 0.2) is 11.5 Å². The van der Waals surface area contributed by atoms with Crippen LogP contribution in [0, 0.1) is 13.8 Å². The number of ether oxygens (including phenoxy) is 2. The van der Waals surface area contributed by atoms with E-state index in [4.69, 9.17) is 21.1 Å². The van der Waals surface area contributed by atoms with Gasteiger partial charge in [0.1, 0.15) is 5.15 Å². The average molecular weight is 355 g/mol. The Hall–Kier alpha value is -2.46. The molecular formula is C20H19ClN2O2. The normalized spacial score (nSPS) is 12.6. The van der Waals surface area contributed by atoms with Crippen molar-refractivity contribution in [2.75, 3.05) is 18.7 Å². The molecule has 0 aliphatic carbocycles. The third kappa shape index (κ3) is 2.98. The largest absolute Gasteiger partial charge is 0.454 e. The topological polar surface area (TPSA) is 34.6 Å². The molecule has 0 bridgehead atoms. The van der Waals surface area contributed by atoms with Crippen LogP contribution in [0.1, 0.15) is 16.7 Å². The van der Waals surface area contributed by atoms with Gasteiger partial charge >= 0.3 is 0 Å². The van der Waals surface area contributed by atoms with E-state index in [1.54, 1.807) is 0 Å². The van der Waals surface area contributed by atoms with Crippen LogP contribution in [0.2, 0.25) is 5.15 Å². The summed E-state index contributed by atoms with van der Waals surface area (Å²) in [7, 11) is 2.03. The Labute approximate surface area is 151 Å². The number of halogens is 1. The summed E-state index contributed by atoms with van der Waals surface area (Å²) < 4.78 is 10.8. The average Bonchev–Trinajstić information content (AvgIpc) is 3.05. The summed E-state index contributed by atoms with van der Waals surface area (Å²) in [5.74, 6) is 1.56. The highest BCUT2D eigenvalue weighted by atomic mass is 35.5. The van der Waals surface area contributed by atoms with Crippen molar-refractivity contribution >= 4 is 28.2 Å². The Bertz CT molecular complexity index is 972.